The van der Waals surface area contributed by atoms with Gasteiger partial charge in [0, 0.05) is 12.2 Å². The van der Waals surface area contributed by atoms with E-state index in [4.69, 9.17) is 5.11 Å². The Hall–Kier alpha value is -4.07. The summed E-state index contributed by atoms with van der Waals surface area (Å²) >= 11 is 0. The van der Waals surface area contributed by atoms with Crippen LogP contribution >= 0.6 is 0 Å². The summed E-state index contributed by atoms with van der Waals surface area (Å²) in [6, 6.07) is 14.4. The third-order valence-corrected chi connectivity index (χ3v) is 6.47. The van der Waals surface area contributed by atoms with E-state index in [0.29, 0.717) is 36.6 Å². The van der Waals surface area contributed by atoms with Crippen LogP contribution in [0.2, 0.25) is 0 Å². The van der Waals surface area contributed by atoms with Crippen LogP contribution in [-0.2, 0) is 4.79 Å². The molecule has 8 heteroatoms. The number of amides is 1. The van der Waals surface area contributed by atoms with Crippen molar-refractivity contribution in [1.82, 2.24) is 14.7 Å². The minimum atomic E-state index is -0.795. The number of rotatable bonds is 4. The molecule has 1 fully saturated rings. The minimum absolute atomic E-state index is 0.117. The molecule has 7 nitrogen and oxygen atoms in total. The highest BCUT2D eigenvalue weighted by Gasteiger charge is 2.27. The number of carboxylic acid groups (broad SMARTS) is 1. The lowest BCUT2D eigenvalue weighted by Crippen LogP contribution is -2.39. The quantitative estimate of drug-likeness (QED) is 0.449. The van der Waals surface area contributed by atoms with Crippen LogP contribution in [0.3, 0.4) is 0 Å². The van der Waals surface area contributed by atoms with Gasteiger partial charge in [-0.25, -0.2) is 9.37 Å². The van der Waals surface area contributed by atoms with E-state index in [1.54, 1.807) is 42.6 Å². The number of carbonyl (C=O) groups excluding carboxylic acids is 1. The van der Waals surface area contributed by atoms with Crippen molar-refractivity contribution < 1.29 is 19.1 Å². The number of pyridine rings is 1. The Kier molecular flexibility index (Phi) is 5.57. The molecule has 0 atom stereocenters. The van der Waals surface area contributed by atoms with Gasteiger partial charge in [0.25, 0.3) is 11.5 Å². The summed E-state index contributed by atoms with van der Waals surface area (Å²) in [5.41, 5.74) is 2.23. The zero-order chi connectivity index (χ0) is 23.8. The second kappa shape index (κ2) is 8.70. The zero-order valence-electron chi connectivity index (χ0n) is 18.2. The van der Waals surface area contributed by atoms with Gasteiger partial charge in [0.05, 0.1) is 22.4 Å². The molecule has 0 unspecified atom stereocenters. The lowest BCUT2D eigenvalue weighted by atomic mass is 9.86. The van der Waals surface area contributed by atoms with Gasteiger partial charge in [-0.15, -0.1) is 0 Å². The lowest BCUT2D eigenvalue weighted by molar-refractivity contribution is -0.142. The van der Waals surface area contributed by atoms with Crippen LogP contribution in [0, 0.1) is 11.7 Å². The van der Waals surface area contributed by atoms with Gasteiger partial charge < -0.3 is 10.4 Å². The average Bonchev–Trinajstić information content (AvgIpc) is 2.84. The van der Waals surface area contributed by atoms with Crippen LogP contribution in [0.15, 0.2) is 65.6 Å². The van der Waals surface area contributed by atoms with Crippen LogP contribution < -0.4 is 10.9 Å². The van der Waals surface area contributed by atoms with Crippen molar-refractivity contribution in [1.29, 1.82) is 0 Å². The van der Waals surface area contributed by atoms with E-state index in [9.17, 15) is 18.8 Å². The highest BCUT2D eigenvalue weighted by atomic mass is 19.1. The number of aliphatic carboxylic acids is 1. The molecule has 0 radical (unpaired) electrons. The molecule has 4 aromatic rings. The highest BCUT2D eigenvalue weighted by molar-refractivity contribution is 6.01. The Morgan fingerprint density at radius 2 is 1.71 bits per heavy atom. The first-order valence-electron chi connectivity index (χ1n) is 11.2. The van der Waals surface area contributed by atoms with Crippen LogP contribution in [0.4, 0.5) is 4.39 Å². The maximum Gasteiger partial charge on any atom is 0.306 e. The van der Waals surface area contributed by atoms with Gasteiger partial charge in [0.1, 0.15) is 5.82 Å². The Labute approximate surface area is 193 Å². The number of nitrogens with one attached hydrogen (secondary N) is 1. The SMILES string of the molecule is O=C(N[C@H]1CC[C@H](C(=O)O)CC1)c1cccn2c(=O)c3cc(-c4ccc(F)cc4)ccc3nc12. The molecule has 2 aromatic heterocycles. The first kappa shape index (κ1) is 21.8. The summed E-state index contributed by atoms with van der Waals surface area (Å²) in [6.45, 7) is 0. The molecule has 1 aliphatic carbocycles. The van der Waals surface area contributed by atoms with E-state index < -0.39 is 5.97 Å². The lowest BCUT2D eigenvalue weighted by Gasteiger charge is -2.26. The van der Waals surface area contributed by atoms with Crippen molar-refractivity contribution in [3.63, 3.8) is 0 Å². The summed E-state index contributed by atoms with van der Waals surface area (Å²) < 4.78 is 14.6. The molecule has 172 valence electrons. The number of fused-ring (bicyclic) bond motifs is 2. The minimum Gasteiger partial charge on any atom is -0.481 e. The molecule has 2 N–H and O–H groups in total. The Morgan fingerprint density at radius 1 is 1.00 bits per heavy atom. The Balaban J connectivity index is 1.48. The van der Waals surface area contributed by atoms with Crippen molar-refractivity contribution in [2.75, 3.05) is 0 Å². The second-order valence-electron chi connectivity index (χ2n) is 8.63. The topological polar surface area (TPSA) is 101 Å². The van der Waals surface area contributed by atoms with Crippen LogP contribution in [0.5, 0.6) is 0 Å². The van der Waals surface area contributed by atoms with Crippen LogP contribution in [-0.4, -0.2) is 32.4 Å². The van der Waals surface area contributed by atoms with E-state index in [1.165, 1.54) is 16.5 Å². The normalized spacial score (nSPS) is 18.1. The first-order valence-corrected chi connectivity index (χ1v) is 11.2. The summed E-state index contributed by atoms with van der Waals surface area (Å²) in [7, 11) is 0. The second-order valence-corrected chi connectivity index (χ2v) is 8.63. The van der Waals surface area contributed by atoms with E-state index >= 15 is 0 Å². The summed E-state index contributed by atoms with van der Waals surface area (Å²) in [5.74, 6) is -1.84. The molecular weight excluding hydrogens is 437 g/mol. The predicted molar refractivity (Wildman–Crippen MR) is 125 cm³/mol. The number of nitrogens with zero attached hydrogens (tertiary/aromatic N) is 2. The fraction of sp³-hybridized carbons (Fsp3) is 0.231. The summed E-state index contributed by atoms with van der Waals surface area (Å²) in [5, 5.41) is 12.5. The smallest absolute Gasteiger partial charge is 0.306 e. The van der Waals surface area contributed by atoms with Gasteiger partial charge in [-0.3, -0.25) is 18.8 Å². The van der Waals surface area contributed by atoms with Crippen molar-refractivity contribution in [3.05, 3.63) is 82.5 Å². The highest BCUT2D eigenvalue weighted by Crippen LogP contribution is 2.26. The average molecular weight is 459 g/mol. The third-order valence-electron chi connectivity index (χ3n) is 6.47. The van der Waals surface area contributed by atoms with Crippen molar-refractivity contribution in [2.45, 2.75) is 31.7 Å². The summed E-state index contributed by atoms with van der Waals surface area (Å²) in [6.07, 6.45) is 3.80. The summed E-state index contributed by atoms with van der Waals surface area (Å²) in [4.78, 5) is 42.1. The number of carboxylic acids is 1. The molecule has 0 bridgehead atoms. The Bertz CT molecular complexity index is 1470. The fourth-order valence-corrected chi connectivity index (χ4v) is 4.57. The number of hydrogen-bond acceptors (Lipinski definition) is 4. The monoisotopic (exact) mass is 459 g/mol. The van der Waals surface area contributed by atoms with E-state index in [-0.39, 0.29) is 40.5 Å². The number of benzene rings is 2. The third kappa shape index (κ3) is 4.03. The van der Waals surface area contributed by atoms with Gasteiger partial charge in [0.15, 0.2) is 5.65 Å². The molecule has 0 saturated heterocycles. The van der Waals surface area contributed by atoms with Gasteiger partial charge in [-0.1, -0.05) is 18.2 Å². The molecular formula is C26H22FN3O4. The number of aromatic nitrogens is 2. The maximum absolute atomic E-state index is 13.3. The van der Waals surface area contributed by atoms with Gasteiger partial charge in [0.2, 0.25) is 0 Å². The molecule has 1 aliphatic rings. The predicted octanol–water partition coefficient (Wildman–Crippen LogP) is 4.03. The van der Waals surface area contributed by atoms with Crippen molar-refractivity contribution >= 4 is 28.4 Å². The van der Waals surface area contributed by atoms with E-state index in [1.807, 2.05) is 6.07 Å². The van der Waals surface area contributed by atoms with Crippen molar-refractivity contribution in [2.24, 2.45) is 5.92 Å². The maximum atomic E-state index is 13.3. The molecule has 0 spiro atoms. The molecule has 2 aromatic carbocycles. The van der Waals surface area contributed by atoms with Gasteiger partial charge in [-0.2, -0.15) is 0 Å². The molecule has 1 saturated carbocycles. The number of halogens is 1. The van der Waals surface area contributed by atoms with Crippen LogP contribution in [0.25, 0.3) is 27.7 Å². The number of hydrogen-bond donors (Lipinski definition) is 2. The van der Waals surface area contributed by atoms with E-state index in [2.05, 4.69) is 10.3 Å². The standard InChI is InChI=1S/C26H22FN3O4/c27-18-8-3-15(4-9-18)17-7-12-22-21(14-17)25(32)30-13-1-2-20(23(30)29-22)24(31)28-19-10-5-16(6-11-19)26(33)34/h1-4,7-9,12-14,16,19H,5-6,10-11H2,(H,28,31)(H,33,34)/t16-,19-. The van der Waals surface area contributed by atoms with Gasteiger partial charge in [-0.05, 0) is 73.2 Å². The van der Waals surface area contributed by atoms with Gasteiger partial charge >= 0.3 is 5.97 Å². The number of carbonyl (C=O) groups is 2. The zero-order valence-corrected chi connectivity index (χ0v) is 18.2. The fourth-order valence-electron chi connectivity index (χ4n) is 4.57. The molecule has 34 heavy (non-hydrogen) atoms. The van der Waals surface area contributed by atoms with Crippen LogP contribution in [0.1, 0.15) is 36.0 Å². The first-order chi connectivity index (χ1) is 16.4. The molecule has 5 rings (SSSR count). The molecule has 2 heterocycles. The van der Waals surface area contributed by atoms with E-state index in [0.717, 1.165) is 11.1 Å². The Morgan fingerprint density at radius 3 is 2.41 bits per heavy atom. The largest absolute Gasteiger partial charge is 0.481 e. The molecule has 0 aliphatic heterocycles. The van der Waals surface area contributed by atoms with Crippen molar-refractivity contribution in [3.8, 4) is 11.1 Å². The molecule has 1 amide bonds.